The van der Waals surface area contributed by atoms with E-state index in [9.17, 15) is 4.79 Å². The smallest absolute Gasteiger partial charge is 0.243 e. The third-order valence-corrected chi connectivity index (χ3v) is 4.52. The molecule has 168 valence electrons. The molecule has 9 nitrogen and oxygen atoms in total. The molecule has 1 rings (SSSR count). The number of hydrogen-bond acceptors (Lipinski definition) is 5. The topological polar surface area (TPSA) is 90.7 Å². The van der Waals surface area contributed by atoms with Crippen LogP contribution in [0.3, 0.4) is 0 Å². The van der Waals surface area contributed by atoms with Gasteiger partial charge < -0.3 is 20.1 Å². The van der Waals surface area contributed by atoms with E-state index in [2.05, 4.69) is 65.3 Å². The zero-order chi connectivity index (χ0) is 21.1. The Morgan fingerprint density at radius 1 is 1.17 bits per heavy atom. The maximum absolute atomic E-state index is 11.9. The second kappa shape index (κ2) is 14.5. The van der Waals surface area contributed by atoms with Gasteiger partial charge >= 0.3 is 0 Å². The van der Waals surface area contributed by atoms with E-state index in [0.717, 1.165) is 31.9 Å². The molecule has 0 unspecified atom stereocenters. The Kier molecular flexibility index (Phi) is 13.8. The molecule has 0 aliphatic carbocycles. The van der Waals surface area contributed by atoms with Gasteiger partial charge in [0.25, 0.3) is 0 Å². The summed E-state index contributed by atoms with van der Waals surface area (Å²) >= 11 is 0. The lowest BCUT2D eigenvalue weighted by molar-refractivity contribution is -0.127. The molecule has 0 radical (unpaired) electrons. The highest BCUT2D eigenvalue weighted by Crippen LogP contribution is 2.03. The van der Waals surface area contributed by atoms with E-state index in [1.54, 1.807) is 25.3 Å². The van der Waals surface area contributed by atoms with Crippen molar-refractivity contribution in [1.29, 1.82) is 0 Å². The van der Waals surface area contributed by atoms with Crippen molar-refractivity contribution >= 4 is 35.8 Å². The lowest BCUT2D eigenvalue weighted by Gasteiger charge is -2.30. The van der Waals surface area contributed by atoms with E-state index in [-0.39, 0.29) is 36.4 Å². The maximum Gasteiger partial charge on any atom is 0.243 e. The van der Waals surface area contributed by atoms with Crippen LogP contribution in [-0.2, 0) is 17.8 Å². The first-order valence-corrected chi connectivity index (χ1v) is 10.1. The van der Waals surface area contributed by atoms with E-state index >= 15 is 0 Å². The van der Waals surface area contributed by atoms with Crippen LogP contribution in [0.25, 0.3) is 0 Å². The Labute approximate surface area is 192 Å². The van der Waals surface area contributed by atoms with E-state index in [4.69, 9.17) is 0 Å². The van der Waals surface area contributed by atoms with Crippen molar-refractivity contribution in [2.24, 2.45) is 4.99 Å². The van der Waals surface area contributed by atoms with Crippen LogP contribution in [0.2, 0.25) is 0 Å². The fourth-order valence-electron chi connectivity index (χ4n) is 2.91. The number of aryl methyl sites for hydroxylation is 1. The fourth-order valence-corrected chi connectivity index (χ4v) is 2.91. The number of halogens is 1. The third-order valence-electron chi connectivity index (χ3n) is 4.52. The molecule has 1 aromatic heterocycles. The quantitative estimate of drug-likeness (QED) is 0.258. The van der Waals surface area contributed by atoms with Crippen molar-refractivity contribution in [2.75, 3.05) is 40.3 Å². The van der Waals surface area contributed by atoms with Gasteiger partial charge in [-0.1, -0.05) is 6.92 Å². The summed E-state index contributed by atoms with van der Waals surface area (Å²) in [7, 11) is 3.47. The average molecular weight is 522 g/mol. The monoisotopic (exact) mass is 522 g/mol. The molecule has 0 bridgehead atoms. The summed E-state index contributed by atoms with van der Waals surface area (Å²) in [4.78, 5) is 20.3. The minimum Gasteiger partial charge on any atom is -0.355 e. The summed E-state index contributed by atoms with van der Waals surface area (Å²) < 4.78 is 2.02. The van der Waals surface area contributed by atoms with Crippen LogP contribution >= 0.6 is 24.0 Å². The zero-order valence-electron chi connectivity index (χ0n) is 19.0. The van der Waals surface area contributed by atoms with Gasteiger partial charge in [0.15, 0.2) is 5.96 Å². The van der Waals surface area contributed by atoms with Gasteiger partial charge in [0, 0.05) is 58.8 Å². The van der Waals surface area contributed by atoms with Gasteiger partial charge in [-0.3, -0.25) is 9.69 Å². The Balaban J connectivity index is 0.00000784. The molecule has 0 atom stereocenters. The SMILES string of the molecule is CCc1nncn1CCNC(=NCC(=O)N(C)C)NCCN(C(C)C)C(C)C.I. The van der Waals surface area contributed by atoms with Crippen LogP contribution in [0.4, 0.5) is 0 Å². The second-order valence-corrected chi connectivity index (χ2v) is 7.53. The summed E-state index contributed by atoms with van der Waals surface area (Å²) in [6, 6.07) is 0.957. The van der Waals surface area contributed by atoms with Gasteiger partial charge in [0.05, 0.1) is 0 Å². The lowest BCUT2D eigenvalue weighted by Crippen LogP contribution is -2.46. The Bertz CT molecular complexity index is 607. The number of carbonyl (C=O) groups excluding carboxylic acids is 1. The van der Waals surface area contributed by atoms with Crippen molar-refractivity contribution < 1.29 is 4.79 Å². The van der Waals surface area contributed by atoms with Gasteiger partial charge in [-0.15, -0.1) is 34.2 Å². The first-order chi connectivity index (χ1) is 13.3. The predicted octanol–water partition coefficient (Wildman–Crippen LogP) is 1.20. The van der Waals surface area contributed by atoms with E-state index in [1.807, 2.05) is 4.57 Å². The molecule has 29 heavy (non-hydrogen) atoms. The second-order valence-electron chi connectivity index (χ2n) is 7.53. The highest BCUT2D eigenvalue weighted by molar-refractivity contribution is 14.0. The first-order valence-electron chi connectivity index (χ1n) is 10.1. The maximum atomic E-state index is 11.9. The number of rotatable bonds is 11. The molecular weight excluding hydrogens is 483 g/mol. The number of likely N-dealkylation sites (N-methyl/N-ethyl adjacent to an activating group) is 1. The molecule has 0 aromatic carbocycles. The summed E-state index contributed by atoms with van der Waals surface area (Å²) in [5.74, 6) is 1.58. The standard InChI is InChI=1S/C19H38N8O.HI/c1-8-17-24-23-14-26(17)11-9-20-19(22-13-18(28)25(6)7)21-10-12-27(15(2)3)16(4)5;/h14-16H,8-13H2,1-7H3,(H2,20,21,22);1H. The Morgan fingerprint density at radius 3 is 2.34 bits per heavy atom. The van der Waals surface area contributed by atoms with Crippen molar-refractivity contribution in [3.8, 4) is 0 Å². The average Bonchev–Trinajstić information content (AvgIpc) is 3.08. The van der Waals surface area contributed by atoms with Gasteiger partial charge in [-0.25, -0.2) is 4.99 Å². The van der Waals surface area contributed by atoms with Crippen molar-refractivity contribution in [3.63, 3.8) is 0 Å². The van der Waals surface area contributed by atoms with Crippen LogP contribution < -0.4 is 10.6 Å². The highest BCUT2D eigenvalue weighted by Gasteiger charge is 2.13. The largest absolute Gasteiger partial charge is 0.355 e. The number of hydrogen-bond donors (Lipinski definition) is 2. The van der Waals surface area contributed by atoms with E-state index in [1.165, 1.54) is 0 Å². The van der Waals surface area contributed by atoms with Gasteiger partial charge in [-0.2, -0.15) is 0 Å². The molecule has 0 aliphatic rings. The molecule has 1 amide bonds. The fraction of sp³-hybridized carbons (Fsp3) is 0.789. The van der Waals surface area contributed by atoms with Gasteiger partial charge in [-0.05, 0) is 27.7 Å². The summed E-state index contributed by atoms with van der Waals surface area (Å²) in [5, 5.41) is 14.7. The van der Waals surface area contributed by atoms with E-state index < -0.39 is 0 Å². The minimum atomic E-state index is -0.0285. The molecule has 0 saturated carbocycles. The Hall–Kier alpha value is -1.43. The molecule has 0 saturated heterocycles. The molecule has 0 fully saturated rings. The molecule has 1 heterocycles. The first kappa shape index (κ1) is 27.6. The van der Waals surface area contributed by atoms with E-state index in [0.29, 0.717) is 24.6 Å². The number of carbonyl (C=O) groups is 1. The van der Waals surface area contributed by atoms with Crippen molar-refractivity contribution in [2.45, 2.75) is 59.7 Å². The molecule has 2 N–H and O–H groups in total. The zero-order valence-corrected chi connectivity index (χ0v) is 21.3. The molecular formula is C19H39IN8O. The summed E-state index contributed by atoms with van der Waals surface area (Å²) in [5.41, 5.74) is 0. The number of aliphatic imine (C=N–C) groups is 1. The summed E-state index contributed by atoms with van der Waals surface area (Å²) in [6.07, 6.45) is 2.58. The number of guanidine groups is 1. The Morgan fingerprint density at radius 2 is 1.79 bits per heavy atom. The van der Waals surface area contributed by atoms with Crippen molar-refractivity contribution in [3.05, 3.63) is 12.2 Å². The summed E-state index contributed by atoms with van der Waals surface area (Å²) in [6.45, 7) is 14.1. The molecule has 0 aliphatic heterocycles. The predicted molar refractivity (Wildman–Crippen MR) is 129 cm³/mol. The van der Waals surface area contributed by atoms with Gasteiger partial charge in [0.2, 0.25) is 5.91 Å². The molecule has 10 heteroatoms. The van der Waals surface area contributed by atoms with Crippen LogP contribution in [0.5, 0.6) is 0 Å². The van der Waals surface area contributed by atoms with Crippen LogP contribution in [0, 0.1) is 0 Å². The number of aromatic nitrogens is 3. The number of nitrogens with zero attached hydrogens (tertiary/aromatic N) is 6. The van der Waals surface area contributed by atoms with Gasteiger partial charge in [0.1, 0.15) is 18.7 Å². The normalized spacial score (nSPS) is 11.7. The molecule has 0 spiro atoms. The lowest BCUT2D eigenvalue weighted by atomic mass is 10.2. The molecule has 1 aromatic rings. The van der Waals surface area contributed by atoms with Crippen LogP contribution in [0.15, 0.2) is 11.3 Å². The minimum absolute atomic E-state index is 0. The van der Waals surface area contributed by atoms with Crippen LogP contribution in [-0.4, -0.2) is 88.8 Å². The van der Waals surface area contributed by atoms with Crippen LogP contribution in [0.1, 0.15) is 40.4 Å². The van der Waals surface area contributed by atoms with Crippen molar-refractivity contribution in [1.82, 2.24) is 35.2 Å². The number of nitrogens with one attached hydrogen (secondary N) is 2. The highest BCUT2D eigenvalue weighted by atomic mass is 127. The number of amides is 1. The third kappa shape index (κ3) is 10.2.